The van der Waals surface area contributed by atoms with Gasteiger partial charge < -0.3 is 0 Å². The molecule has 0 atom stereocenters. The fraction of sp³-hybridized carbons (Fsp3) is 0.600. The van der Waals surface area contributed by atoms with E-state index in [1.165, 1.54) is 5.01 Å². The largest absolute Gasteiger partial charge is 0.273 e. The summed E-state index contributed by atoms with van der Waals surface area (Å²) in [5, 5.41) is 5.25. The Morgan fingerprint density at radius 3 is 3.00 bits per heavy atom. The second kappa shape index (κ2) is 1.94. The van der Waals surface area contributed by atoms with Crippen molar-refractivity contribution in [2.75, 3.05) is 6.54 Å². The fourth-order valence-corrected chi connectivity index (χ4v) is 0.645. The summed E-state index contributed by atoms with van der Waals surface area (Å²) < 4.78 is 0. The Balaban J connectivity index is 2.53. The third-order valence-electron chi connectivity index (χ3n) is 1.07. The highest BCUT2D eigenvalue weighted by Crippen LogP contribution is 1.99. The van der Waals surface area contributed by atoms with Crippen LogP contribution in [0.2, 0.25) is 0 Å². The van der Waals surface area contributed by atoms with Gasteiger partial charge in [-0.2, -0.15) is 5.10 Å². The van der Waals surface area contributed by atoms with E-state index in [1.807, 2.05) is 6.92 Å². The number of hydrogen-bond acceptors (Lipinski definition) is 2. The molecule has 0 bridgehead atoms. The van der Waals surface area contributed by atoms with Crippen LogP contribution in [0.5, 0.6) is 0 Å². The highest BCUT2D eigenvalue weighted by Gasteiger charge is 2.12. The third-order valence-corrected chi connectivity index (χ3v) is 1.07. The third kappa shape index (κ3) is 0.710. The minimum absolute atomic E-state index is 0.104. The molecular weight excluding hydrogens is 104 g/mol. The molecule has 1 aliphatic heterocycles. The van der Waals surface area contributed by atoms with Crippen LogP contribution < -0.4 is 0 Å². The van der Waals surface area contributed by atoms with Crippen molar-refractivity contribution >= 4 is 12.1 Å². The lowest BCUT2D eigenvalue weighted by Gasteiger charge is -2.05. The van der Waals surface area contributed by atoms with Gasteiger partial charge in [-0.25, -0.2) is 5.01 Å². The lowest BCUT2D eigenvalue weighted by molar-refractivity contribution is -0.128. The van der Waals surface area contributed by atoms with Gasteiger partial charge in [0.1, 0.15) is 0 Å². The van der Waals surface area contributed by atoms with Gasteiger partial charge in [0.05, 0.1) is 6.42 Å². The van der Waals surface area contributed by atoms with Crippen LogP contribution in [-0.4, -0.2) is 23.7 Å². The first kappa shape index (κ1) is 5.28. The number of carbonyl (C=O) groups excluding carboxylic acids is 1. The van der Waals surface area contributed by atoms with Gasteiger partial charge in [0.2, 0.25) is 5.91 Å². The molecule has 8 heavy (non-hydrogen) atoms. The maximum atomic E-state index is 10.6. The Hall–Kier alpha value is -0.860. The molecular formula is C5H8N2O. The van der Waals surface area contributed by atoms with E-state index in [1.54, 1.807) is 6.21 Å². The molecule has 0 spiro atoms. The van der Waals surface area contributed by atoms with E-state index in [-0.39, 0.29) is 5.91 Å². The Morgan fingerprint density at radius 1 is 2.00 bits per heavy atom. The first-order valence-corrected chi connectivity index (χ1v) is 2.67. The Kier molecular flexibility index (Phi) is 1.28. The second-order valence-electron chi connectivity index (χ2n) is 1.61. The molecule has 0 aromatic heterocycles. The fourth-order valence-electron chi connectivity index (χ4n) is 0.645. The molecule has 1 rings (SSSR count). The van der Waals surface area contributed by atoms with Gasteiger partial charge in [0.15, 0.2) is 0 Å². The van der Waals surface area contributed by atoms with Crippen LogP contribution in [0.15, 0.2) is 5.10 Å². The van der Waals surface area contributed by atoms with E-state index in [0.29, 0.717) is 13.0 Å². The second-order valence-corrected chi connectivity index (χ2v) is 1.61. The lowest BCUT2D eigenvalue weighted by atomic mass is 10.4. The first-order valence-electron chi connectivity index (χ1n) is 2.67. The van der Waals surface area contributed by atoms with E-state index in [0.717, 1.165) is 0 Å². The minimum atomic E-state index is 0.104. The van der Waals surface area contributed by atoms with Gasteiger partial charge in [0, 0.05) is 12.8 Å². The minimum Gasteiger partial charge on any atom is -0.273 e. The summed E-state index contributed by atoms with van der Waals surface area (Å²) in [6.07, 6.45) is 2.11. The molecule has 0 radical (unpaired) electrons. The summed E-state index contributed by atoms with van der Waals surface area (Å²) in [5.41, 5.74) is 0. The van der Waals surface area contributed by atoms with E-state index in [2.05, 4.69) is 5.10 Å². The zero-order valence-corrected chi connectivity index (χ0v) is 4.79. The number of hydrogen-bond donors (Lipinski definition) is 0. The molecule has 1 amide bonds. The van der Waals surface area contributed by atoms with Crippen LogP contribution in [0.1, 0.15) is 13.3 Å². The van der Waals surface area contributed by atoms with Crippen LogP contribution in [0.4, 0.5) is 0 Å². The summed E-state index contributed by atoms with van der Waals surface area (Å²) in [6.45, 7) is 2.59. The summed E-state index contributed by atoms with van der Waals surface area (Å²) >= 11 is 0. The van der Waals surface area contributed by atoms with E-state index >= 15 is 0 Å². The molecule has 0 aromatic carbocycles. The maximum Gasteiger partial charge on any atom is 0.248 e. The monoisotopic (exact) mass is 112 g/mol. The zero-order valence-electron chi connectivity index (χ0n) is 4.79. The predicted octanol–water partition coefficient (Wildman–Crippen LogP) is 0.224. The van der Waals surface area contributed by atoms with Crippen LogP contribution in [0.25, 0.3) is 0 Å². The topological polar surface area (TPSA) is 32.7 Å². The molecule has 0 fully saturated rings. The number of carbonyl (C=O) groups is 1. The highest BCUT2D eigenvalue weighted by atomic mass is 16.2. The van der Waals surface area contributed by atoms with E-state index < -0.39 is 0 Å². The molecule has 1 aliphatic rings. The van der Waals surface area contributed by atoms with Crippen molar-refractivity contribution in [3.8, 4) is 0 Å². The standard InChI is InChI=1S/C5H8N2O/c1-2-7-5(8)3-4-6-7/h4H,2-3H2,1H3. The summed E-state index contributed by atoms with van der Waals surface area (Å²) in [6, 6.07) is 0. The van der Waals surface area contributed by atoms with Crippen LogP contribution in [0, 0.1) is 0 Å². The number of rotatable bonds is 1. The number of hydrazone groups is 1. The van der Waals surface area contributed by atoms with Crippen molar-refractivity contribution in [1.29, 1.82) is 0 Å². The van der Waals surface area contributed by atoms with Gasteiger partial charge >= 0.3 is 0 Å². The van der Waals surface area contributed by atoms with Gasteiger partial charge in [-0.1, -0.05) is 0 Å². The van der Waals surface area contributed by atoms with Gasteiger partial charge in [-0.05, 0) is 6.92 Å². The molecule has 0 aliphatic carbocycles. The Bertz CT molecular complexity index is 130. The molecule has 44 valence electrons. The van der Waals surface area contributed by atoms with Crippen molar-refractivity contribution in [2.45, 2.75) is 13.3 Å². The molecule has 0 saturated carbocycles. The van der Waals surface area contributed by atoms with Crippen LogP contribution in [0.3, 0.4) is 0 Å². The quantitative estimate of drug-likeness (QED) is 0.477. The van der Waals surface area contributed by atoms with Crippen molar-refractivity contribution in [3.63, 3.8) is 0 Å². The lowest BCUT2D eigenvalue weighted by Crippen LogP contribution is -2.19. The van der Waals surface area contributed by atoms with Gasteiger partial charge in [0.25, 0.3) is 0 Å². The summed E-state index contributed by atoms with van der Waals surface area (Å²) in [4.78, 5) is 10.6. The SMILES string of the molecule is CCN1N=CCC1=O. The van der Waals surface area contributed by atoms with Crippen molar-refractivity contribution in [2.24, 2.45) is 5.10 Å². The maximum absolute atomic E-state index is 10.6. The van der Waals surface area contributed by atoms with Crippen molar-refractivity contribution in [1.82, 2.24) is 5.01 Å². The van der Waals surface area contributed by atoms with Gasteiger partial charge in [-0.15, -0.1) is 0 Å². The number of amides is 1. The molecule has 0 aromatic rings. The van der Waals surface area contributed by atoms with Crippen molar-refractivity contribution in [3.05, 3.63) is 0 Å². The molecule has 0 unspecified atom stereocenters. The Labute approximate surface area is 48.0 Å². The van der Waals surface area contributed by atoms with E-state index in [4.69, 9.17) is 0 Å². The molecule has 0 N–H and O–H groups in total. The zero-order chi connectivity index (χ0) is 5.98. The van der Waals surface area contributed by atoms with E-state index in [9.17, 15) is 4.79 Å². The predicted molar refractivity (Wildman–Crippen MR) is 30.5 cm³/mol. The molecule has 0 saturated heterocycles. The highest BCUT2D eigenvalue weighted by molar-refractivity contribution is 5.93. The Morgan fingerprint density at radius 2 is 2.75 bits per heavy atom. The molecule has 3 nitrogen and oxygen atoms in total. The average molecular weight is 112 g/mol. The van der Waals surface area contributed by atoms with Gasteiger partial charge in [-0.3, -0.25) is 4.79 Å². The number of nitrogens with zero attached hydrogens (tertiary/aromatic N) is 2. The van der Waals surface area contributed by atoms with Crippen LogP contribution >= 0.6 is 0 Å². The molecule has 1 heterocycles. The summed E-state index contributed by atoms with van der Waals surface area (Å²) in [5.74, 6) is 0.104. The summed E-state index contributed by atoms with van der Waals surface area (Å²) in [7, 11) is 0. The average Bonchev–Trinajstić information content (AvgIpc) is 2.14. The van der Waals surface area contributed by atoms with Crippen molar-refractivity contribution < 1.29 is 4.79 Å². The van der Waals surface area contributed by atoms with Crippen LogP contribution in [-0.2, 0) is 4.79 Å². The smallest absolute Gasteiger partial charge is 0.248 e. The molecule has 3 heteroatoms. The first-order chi connectivity index (χ1) is 3.84. The normalized spacial score (nSPS) is 18.1.